The van der Waals surface area contributed by atoms with E-state index in [1.165, 1.54) is 50.9 Å². The van der Waals surface area contributed by atoms with Gasteiger partial charge in [0, 0.05) is 53.5 Å². The van der Waals surface area contributed by atoms with Crippen LogP contribution in [0.3, 0.4) is 0 Å². The summed E-state index contributed by atoms with van der Waals surface area (Å²) in [4.78, 5) is 81.9. The first-order chi connectivity index (χ1) is 31.6. The molecule has 17 nitrogen and oxygen atoms in total. The van der Waals surface area contributed by atoms with Crippen molar-refractivity contribution >= 4 is 52.6 Å². The van der Waals surface area contributed by atoms with Crippen molar-refractivity contribution in [3.63, 3.8) is 0 Å². The van der Waals surface area contributed by atoms with Crippen molar-refractivity contribution in [3.8, 4) is 23.0 Å². The number of methoxy groups -OCH3 is 3. The summed E-state index contributed by atoms with van der Waals surface area (Å²) in [6.45, 7) is 5.91. The Morgan fingerprint density at radius 3 is 1.26 bits per heavy atom. The lowest BCUT2D eigenvalue weighted by atomic mass is 10.1. The first-order valence-corrected chi connectivity index (χ1v) is 20.2. The van der Waals surface area contributed by atoms with Crippen molar-refractivity contribution in [1.82, 2.24) is 15.0 Å². The number of rotatable bonds is 15. The van der Waals surface area contributed by atoms with E-state index >= 15 is 0 Å². The molecule has 0 radical (unpaired) electrons. The minimum Gasteiger partial charge on any atom is -0.508 e. The quantitative estimate of drug-likeness (QED) is 0.0445. The number of aryl methyl sites for hydroxylation is 2. The van der Waals surface area contributed by atoms with Crippen LogP contribution >= 0.6 is 0 Å². The lowest BCUT2D eigenvalue weighted by Crippen LogP contribution is -2.17. The molecule has 0 aliphatic carbocycles. The van der Waals surface area contributed by atoms with Gasteiger partial charge < -0.3 is 40.4 Å². The van der Waals surface area contributed by atoms with Gasteiger partial charge in [-0.15, -0.1) is 0 Å². The summed E-state index contributed by atoms with van der Waals surface area (Å²) in [6.07, 6.45) is 3.92. The Kier molecular flexibility index (Phi) is 21.7. The Hall–Kier alpha value is -8.47. The van der Waals surface area contributed by atoms with Crippen LogP contribution in [0.4, 0.5) is 17.5 Å². The van der Waals surface area contributed by atoms with Gasteiger partial charge in [-0.05, 0) is 63.2 Å². The molecule has 0 saturated carbocycles. The topological polar surface area (TPSA) is 248 Å². The van der Waals surface area contributed by atoms with Gasteiger partial charge in [0.1, 0.15) is 46.9 Å². The number of nitrogens with zero attached hydrogens (tertiary/aromatic N) is 3. The predicted octanol–water partition coefficient (Wildman–Crippen LogP) is 7.42. The third kappa shape index (κ3) is 19.3. The Bertz CT molecular complexity index is 2420. The SMILES string of the molecule is CCOC(=O)CC(=O)c1ccc(C)cc1.COc1ccnc(N)c1.COc1ccnc(NC(=O)CC(=O)c2ccc(C)cc2)c1.COc1ccnc(NC(=O)CC(=O)c2ccc(O)cc2)c1. The van der Waals surface area contributed by atoms with Crippen molar-refractivity contribution in [2.24, 2.45) is 0 Å². The summed E-state index contributed by atoms with van der Waals surface area (Å²) < 4.78 is 19.6. The van der Waals surface area contributed by atoms with Gasteiger partial charge in [0.25, 0.3) is 0 Å². The van der Waals surface area contributed by atoms with Gasteiger partial charge in [0.2, 0.25) is 11.8 Å². The highest BCUT2D eigenvalue weighted by atomic mass is 16.5. The zero-order valence-electron chi connectivity index (χ0n) is 37.4. The first-order valence-electron chi connectivity index (χ1n) is 20.2. The molecule has 66 heavy (non-hydrogen) atoms. The van der Waals surface area contributed by atoms with E-state index in [-0.39, 0.29) is 42.4 Å². The van der Waals surface area contributed by atoms with Crippen molar-refractivity contribution < 1.29 is 52.8 Å². The molecule has 5 N–H and O–H groups in total. The van der Waals surface area contributed by atoms with E-state index in [9.17, 15) is 28.8 Å². The molecule has 0 spiro atoms. The highest BCUT2D eigenvalue weighted by Gasteiger charge is 2.15. The van der Waals surface area contributed by atoms with Crippen LogP contribution in [0.25, 0.3) is 0 Å². The molecule has 3 heterocycles. The average molecular weight is 901 g/mol. The van der Waals surface area contributed by atoms with Gasteiger partial charge in [-0.3, -0.25) is 28.8 Å². The van der Waals surface area contributed by atoms with Crippen LogP contribution < -0.4 is 30.6 Å². The molecule has 0 fully saturated rings. The molecule has 0 aliphatic rings. The van der Waals surface area contributed by atoms with Crippen molar-refractivity contribution in [3.05, 3.63) is 156 Å². The summed E-state index contributed by atoms with van der Waals surface area (Å²) in [7, 11) is 4.63. The highest BCUT2D eigenvalue weighted by Crippen LogP contribution is 2.17. The number of benzene rings is 3. The molecule has 0 aliphatic heterocycles. The molecular formula is C49H52N6O11. The molecule has 17 heteroatoms. The van der Waals surface area contributed by atoms with Crippen LogP contribution in [0.15, 0.2) is 128 Å². The lowest BCUT2D eigenvalue weighted by Gasteiger charge is -2.06. The normalized spacial score (nSPS) is 9.79. The molecule has 6 rings (SSSR count). The van der Waals surface area contributed by atoms with E-state index < -0.39 is 17.8 Å². The number of carbonyl (C=O) groups is 6. The van der Waals surface area contributed by atoms with Crippen molar-refractivity contribution in [2.45, 2.75) is 40.0 Å². The number of nitrogens with two attached hydrogens (primary N) is 1. The minimum atomic E-state index is -0.469. The van der Waals surface area contributed by atoms with Crippen LogP contribution in [0.2, 0.25) is 0 Å². The first kappa shape index (κ1) is 51.9. The number of pyridine rings is 3. The zero-order valence-corrected chi connectivity index (χ0v) is 37.4. The molecule has 3 aromatic heterocycles. The molecule has 0 saturated heterocycles. The maximum atomic E-state index is 12.0. The number of hydrogen-bond acceptors (Lipinski definition) is 15. The maximum Gasteiger partial charge on any atom is 0.313 e. The number of aromatic hydroxyl groups is 1. The molecule has 6 aromatic rings. The second-order valence-electron chi connectivity index (χ2n) is 13.8. The van der Waals surface area contributed by atoms with Gasteiger partial charge in [-0.1, -0.05) is 59.7 Å². The van der Waals surface area contributed by atoms with E-state index in [1.807, 2.05) is 38.1 Å². The number of nitrogens with one attached hydrogen (secondary N) is 2. The summed E-state index contributed by atoms with van der Waals surface area (Å²) in [6, 6.07) is 29.9. The molecule has 2 amide bonds. The average Bonchev–Trinajstić information content (AvgIpc) is 3.30. The van der Waals surface area contributed by atoms with Gasteiger partial charge in [-0.25, -0.2) is 15.0 Å². The van der Waals surface area contributed by atoms with Gasteiger partial charge in [0.05, 0.1) is 40.8 Å². The number of Topliss-reactive ketones (excluding diaryl/α,β-unsaturated/α-hetero) is 3. The molecule has 0 atom stereocenters. The number of phenols is 1. The minimum absolute atomic E-state index is 0.0663. The van der Waals surface area contributed by atoms with E-state index in [0.717, 1.165) is 16.9 Å². The number of carbonyl (C=O) groups excluding carboxylic acids is 6. The summed E-state index contributed by atoms with van der Waals surface area (Å²) in [5.74, 6) is 1.01. The lowest BCUT2D eigenvalue weighted by molar-refractivity contribution is -0.142. The standard InChI is InChI=1S/C16H16N2O3.C15H14N2O4.C12H14O3.C6H8N2O/c1-11-3-5-12(6-4-11)14(19)10-16(20)18-15-9-13(21-2)7-8-17-15;1-21-12-6-7-16-14(8-12)17-15(20)9-13(19)10-2-4-11(18)5-3-10;1-3-15-12(14)8-11(13)10-6-4-9(2)5-7-10;1-9-5-2-3-8-6(7)4-5/h3-9H,10H2,1-2H3,(H,17,18,20);2-8,18H,9H2,1H3,(H,16,17,20);4-7H,3,8H2,1-2H3;2-4H,1H3,(H2,7,8). The Labute approximate surface area is 382 Å². The fourth-order valence-electron chi connectivity index (χ4n) is 5.21. The number of aromatic nitrogens is 3. The molecule has 0 unspecified atom stereocenters. The number of nitrogen functional groups attached to an aromatic ring is 1. The summed E-state index contributed by atoms with van der Waals surface area (Å²) in [5.41, 5.74) is 8.93. The smallest absolute Gasteiger partial charge is 0.313 e. The monoisotopic (exact) mass is 900 g/mol. The van der Waals surface area contributed by atoms with Crippen LogP contribution in [0, 0.1) is 13.8 Å². The number of ketones is 3. The number of esters is 1. The Morgan fingerprint density at radius 2 is 0.894 bits per heavy atom. The largest absolute Gasteiger partial charge is 0.508 e. The number of ether oxygens (including phenoxy) is 4. The molecule has 344 valence electrons. The maximum absolute atomic E-state index is 12.0. The van der Waals surface area contributed by atoms with E-state index in [0.29, 0.717) is 52.2 Å². The summed E-state index contributed by atoms with van der Waals surface area (Å²) >= 11 is 0. The van der Waals surface area contributed by atoms with Gasteiger partial charge >= 0.3 is 5.97 Å². The van der Waals surface area contributed by atoms with E-state index in [4.69, 9.17) is 29.8 Å². The van der Waals surface area contributed by atoms with E-state index in [2.05, 4.69) is 25.6 Å². The molecule has 0 bridgehead atoms. The third-order valence-electron chi connectivity index (χ3n) is 8.65. The molecule has 3 aromatic carbocycles. The number of anilines is 3. The highest BCUT2D eigenvalue weighted by molar-refractivity contribution is 6.11. The van der Waals surface area contributed by atoms with Crippen LogP contribution in [-0.4, -0.2) is 83.1 Å². The van der Waals surface area contributed by atoms with Crippen molar-refractivity contribution in [2.75, 3.05) is 44.3 Å². The number of phenolic OH excluding ortho intramolecular Hbond substituents is 1. The molecular weight excluding hydrogens is 849 g/mol. The fraction of sp³-hybridized carbons (Fsp3) is 0.204. The van der Waals surface area contributed by atoms with Crippen LogP contribution in [0.1, 0.15) is 68.4 Å². The van der Waals surface area contributed by atoms with Gasteiger partial charge in [-0.2, -0.15) is 0 Å². The van der Waals surface area contributed by atoms with Crippen molar-refractivity contribution in [1.29, 1.82) is 0 Å². The Balaban J connectivity index is 0.000000243. The fourth-order valence-corrected chi connectivity index (χ4v) is 5.21. The van der Waals surface area contributed by atoms with Crippen LogP contribution in [-0.2, 0) is 19.1 Å². The summed E-state index contributed by atoms with van der Waals surface area (Å²) in [5, 5.41) is 14.3. The second kappa shape index (κ2) is 27.6. The third-order valence-corrected chi connectivity index (χ3v) is 8.65. The van der Waals surface area contributed by atoms with Crippen LogP contribution in [0.5, 0.6) is 23.0 Å². The second-order valence-corrected chi connectivity index (χ2v) is 13.8. The Morgan fingerprint density at radius 1 is 0.530 bits per heavy atom. The number of amides is 2. The predicted molar refractivity (Wildman–Crippen MR) is 248 cm³/mol. The van der Waals surface area contributed by atoms with Gasteiger partial charge in [0.15, 0.2) is 17.3 Å². The number of hydrogen-bond donors (Lipinski definition) is 4. The van der Waals surface area contributed by atoms with E-state index in [1.54, 1.807) is 80.9 Å². The zero-order chi connectivity index (χ0) is 48.4.